The predicted molar refractivity (Wildman–Crippen MR) is 106 cm³/mol. The topological polar surface area (TPSA) is 86.2 Å². The number of nitrogens with one attached hydrogen (secondary N) is 1. The van der Waals surface area contributed by atoms with Gasteiger partial charge >= 0.3 is 0 Å². The minimum Gasteiger partial charge on any atom is -0.454 e. The molecule has 4 rings (SSSR count). The number of thioether (sulfide) groups is 1. The molecule has 140 valence electrons. The molecule has 2 aromatic heterocycles. The van der Waals surface area contributed by atoms with Gasteiger partial charge < -0.3 is 9.47 Å². The monoisotopic (exact) mass is 402 g/mol. The summed E-state index contributed by atoms with van der Waals surface area (Å²) in [6, 6.07) is 5.93. The van der Waals surface area contributed by atoms with Gasteiger partial charge in [-0.2, -0.15) is 0 Å². The Morgan fingerprint density at radius 2 is 2.00 bits per heavy atom. The molecule has 0 saturated heterocycles. The van der Waals surface area contributed by atoms with Crippen LogP contribution in [0.3, 0.4) is 0 Å². The zero-order valence-electron chi connectivity index (χ0n) is 14.9. The van der Waals surface area contributed by atoms with E-state index in [2.05, 4.69) is 28.5 Å². The lowest BCUT2D eigenvalue weighted by molar-refractivity contribution is -0.113. The second-order valence-electron chi connectivity index (χ2n) is 5.90. The summed E-state index contributed by atoms with van der Waals surface area (Å²) in [4.78, 5) is 17.0. The third-order valence-electron chi connectivity index (χ3n) is 4.08. The number of aryl methyl sites for hydroxylation is 2. The number of anilines is 1. The zero-order valence-corrected chi connectivity index (χ0v) is 16.6. The van der Waals surface area contributed by atoms with Crippen molar-refractivity contribution >= 4 is 45.0 Å². The van der Waals surface area contributed by atoms with Crippen LogP contribution in [0, 0.1) is 0 Å². The number of ether oxygens (including phenoxy) is 2. The fraction of sp³-hybridized carbons (Fsp3) is 0.333. The van der Waals surface area contributed by atoms with Crippen LogP contribution in [0.25, 0.3) is 10.9 Å². The highest BCUT2D eigenvalue weighted by molar-refractivity contribution is 8.00. The molecule has 9 heteroatoms. The smallest absolute Gasteiger partial charge is 0.236 e. The molecule has 0 fully saturated rings. The molecule has 1 aliphatic rings. The maximum absolute atomic E-state index is 12.2. The van der Waals surface area contributed by atoms with Crippen molar-refractivity contribution in [1.29, 1.82) is 0 Å². The Bertz CT molecular complexity index is 1010. The third-order valence-corrected chi connectivity index (χ3v) is 6.10. The predicted octanol–water partition coefficient (Wildman–Crippen LogP) is 3.67. The van der Waals surface area contributed by atoms with Crippen LogP contribution < -0.4 is 14.8 Å². The van der Waals surface area contributed by atoms with E-state index in [-0.39, 0.29) is 18.5 Å². The molecule has 27 heavy (non-hydrogen) atoms. The van der Waals surface area contributed by atoms with Crippen LogP contribution in [0.5, 0.6) is 11.5 Å². The highest BCUT2D eigenvalue weighted by Crippen LogP contribution is 2.37. The first kappa shape index (κ1) is 18.0. The van der Waals surface area contributed by atoms with Crippen LogP contribution in [-0.4, -0.2) is 33.6 Å². The van der Waals surface area contributed by atoms with E-state index in [1.807, 2.05) is 19.1 Å². The lowest BCUT2D eigenvalue weighted by Gasteiger charge is -2.09. The number of carbonyl (C=O) groups is 1. The molecule has 1 N–H and O–H groups in total. The second kappa shape index (κ2) is 7.69. The number of pyridine rings is 1. The lowest BCUT2D eigenvalue weighted by atomic mass is 10.1. The van der Waals surface area contributed by atoms with Gasteiger partial charge in [0, 0.05) is 11.5 Å². The number of fused-ring (bicyclic) bond motifs is 2. The molecular weight excluding hydrogens is 384 g/mol. The molecule has 0 radical (unpaired) electrons. The molecular formula is C18H18N4O3S2. The number of hydrogen-bond donors (Lipinski definition) is 1. The van der Waals surface area contributed by atoms with Crippen LogP contribution in [0.1, 0.15) is 24.4 Å². The van der Waals surface area contributed by atoms with Crippen molar-refractivity contribution in [2.45, 2.75) is 31.7 Å². The molecule has 0 unspecified atom stereocenters. The van der Waals surface area contributed by atoms with E-state index in [4.69, 9.17) is 14.5 Å². The number of rotatable bonds is 6. The molecule has 0 bridgehead atoms. The van der Waals surface area contributed by atoms with Gasteiger partial charge in [-0.1, -0.05) is 36.9 Å². The largest absolute Gasteiger partial charge is 0.454 e. The van der Waals surface area contributed by atoms with Crippen molar-refractivity contribution in [3.63, 3.8) is 0 Å². The van der Waals surface area contributed by atoms with Crippen LogP contribution in [0.4, 0.5) is 5.13 Å². The molecule has 3 heterocycles. The Morgan fingerprint density at radius 3 is 2.74 bits per heavy atom. The molecule has 0 atom stereocenters. The van der Waals surface area contributed by atoms with Gasteiger partial charge in [-0.15, -0.1) is 10.2 Å². The van der Waals surface area contributed by atoms with Gasteiger partial charge in [-0.25, -0.2) is 4.98 Å². The summed E-state index contributed by atoms with van der Waals surface area (Å²) < 4.78 is 10.9. The molecule has 0 saturated carbocycles. The van der Waals surface area contributed by atoms with Gasteiger partial charge in [-0.05, 0) is 30.5 Å². The first-order valence-electron chi connectivity index (χ1n) is 8.64. The quantitative estimate of drug-likeness (QED) is 0.630. The highest BCUT2D eigenvalue weighted by Gasteiger charge is 2.17. The summed E-state index contributed by atoms with van der Waals surface area (Å²) in [6.45, 7) is 4.32. The summed E-state index contributed by atoms with van der Waals surface area (Å²) in [5.41, 5.74) is 1.93. The van der Waals surface area contributed by atoms with E-state index in [1.165, 1.54) is 23.1 Å². The van der Waals surface area contributed by atoms with E-state index >= 15 is 0 Å². The first-order chi connectivity index (χ1) is 13.2. The summed E-state index contributed by atoms with van der Waals surface area (Å²) >= 11 is 2.82. The Hall–Kier alpha value is -2.39. The van der Waals surface area contributed by atoms with Gasteiger partial charge in [0.2, 0.25) is 17.8 Å². The SMILES string of the molecule is CCc1nnc(NC(=O)CSc2nc3cc4c(cc3cc2CC)OCO4)s1. The average molecular weight is 403 g/mol. The number of hydrogen-bond acceptors (Lipinski definition) is 8. The maximum Gasteiger partial charge on any atom is 0.236 e. The van der Waals surface area contributed by atoms with Gasteiger partial charge in [0.05, 0.1) is 11.3 Å². The van der Waals surface area contributed by atoms with E-state index < -0.39 is 0 Å². The summed E-state index contributed by atoms with van der Waals surface area (Å²) in [5, 5.41) is 14.1. The van der Waals surface area contributed by atoms with Crippen molar-refractivity contribution in [1.82, 2.24) is 15.2 Å². The normalized spacial score (nSPS) is 12.5. The first-order valence-corrected chi connectivity index (χ1v) is 10.4. The standard InChI is InChI=1S/C18H18N4O3S2/c1-3-10-5-11-6-13-14(25-9-24-13)7-12(11)19-17(10)26-8-15(23)20-18-22-21-16(4-2)27-18/h5-7H,3-4,8-9H2,1-2H3,(H,20,22,23). The van der Waals surface area contributed by atoms with Crippen LogP contribution in [0.15, 0.2) is 23.2 Å². The molecule has 0 aliphatic carbocycles. The van der Waals surface area contributed by atoms with E-state index in [0.29, 0.717) is 10.9 Å². The van der Waals surface area contributed by atoms with Crippen molar-refractivity contribution in [2.24, 2.45) is 0 Å². The minimum absolute atomic E-state index is 0.117. The Kier molecular flexibility index (Phi) is 5.13. The molecule has 1 amide bonds. The van der Waals surface area contributed by atoms with Gasteiger partial charge in [-0.3, -0.25) is 10.1 Å². The van der Waals surface area contributed by atoms with Gasteiger partial charge in [0.15, 0.2) is 11.5 Å². The molecule has 7 nitrogen and oxygen atoms in total. The van der Waals surface area contributed by atoms with E-state index in [1.54, 1.807) is 0 Å². The molecule has 1 aliphatic heterocycles. The van der Waals surface area contributed by atoms with Crippen molar-refractivity contribution in [3.8, 4) is 11.5 Å². The van der Waals surface area contributed by atoms with Gasteiger partial charge in [0.25, 0.3) is 0 Å². The minimum atomic E-state index is -0.117. The van der Waals surface area contributed by atoms with E-state index in [9.17, 15) is 4.79 Å². The zero-order chi connectivity index (χ0) is 18.8. The fourth-order valence-corrected chi connectivity index (χ4v) is 4.29. The number of benzene rings is 1. The number of nitrogens with zero attached hydrogens (tertiary/aromatic N) is 3. The summed E-state index contributed by atoms with van der Waals surface area (Å²) in [5.74, 6) is 1.59. The van der Waals surface area contributed by atoms with Gasteiger partial charge in [0.1, 0.15) is 10.0 Å². The van der Waals surface area contributed by atoms with Crippen molar-refractivity contribution < 1.29 is 14.3 Å². The fourth-order valence-electron chi connectivity index (χ4n) is 2.70. The summed E-state index contributed by atoms with van der Waals surface area (Å²) in [7, 11) is 0. The molecule has 0 spiro atoms. The number of amides is 1. The number of aromatic nitrogens is 3. The number of carbonyl (C=O) groups excluding carboxylic acids is 1. The van der Waals surface area contributed by atoms with Crippen molar-refractivity contribution in [2.75, 3.05) is 17.9 Å². The van der Waals surface area contributed by atoms with Crippen LogP contribution >= 0.6 is 23.1 Å². The third kappa shape index (κ3) is 3.84. The maximum atomic E-state index is 12.2. The highest BCUT2D eigenvalue weighted by atomic mass is 32.2. The van der Waals surface area contributed by atoms with Crippen LogP contribution in [0.2, 0.25) is 0 Å². The Labute approximate surface area is 164 Å². The summed E-state index contributed by atoms with van der Waals surface area (Å²) in [6.07, 6.45) is 1.64. The molecule has 1 aromatic carbocycles. The van der Waals surface area contributed by atoms with Crippen LogP contribution in [-0.2, 0) is 17.6 Å². The Morgan fingerprint density at radius 1 is 1.19 bits per heavy atom. The lowest BCUT2D eigenvalue weighted by Crippen LogP contribution is -2.14. The second-order valence-corrected chi connectivity index (χ2v) is 7.92. The average Bonchev–Trinajstić information content (AvgIpc) is 3.32. The molecule has 3 aromatic rings. The van der Waals surface area contributed by atoms with Crippen molar-refractivity contribution in [3.05, 3.63) is 28.8 Å². The Balaban J connectivity index is 1.50. The van der Waals surface area contributed by atoms with E-state index in [0.717, 1.165) is 45.1 Å².